The fourth-order valence-corrected chi connectivity index (χ4v) is 1.26. The van der Waals surface area contributed by atoms with E-state index in [4.69, 9.17) is 0 Å². The molecule has 15 heavy (non-hydrogen) atoms. The summed E-state index contributed by atoms with van der Waals surface area (Å²) >= 11 is 3.24. The van der Waals surface area contributed by atoms with Gasteiger partial charge in [0.1, 0.15) is 0 Å². The van der Waals surface area contributed by atoms with Gasteiger partial charge < -0.3 is 5.32 Å². The molecule has 0 aliphatic rings. The summed E-state index contributed by atoms with van der Waals surface area (Å²) in [5.74, 6) is 5.94. The average Bonchev–Trinajstić information content (AvgIpc) is 2.28. The van der Waals surface area contributed by atoms with Gasteiger partial charge in [-0.15, -0.1) is 0 Å². The molecule has 1 rings (SSSR count). The monoisotopic (exact) mass is 265 g/mol. The molecule has 0 saturated carbocycles. The van der Waals surface area contributed by atoms with Gasteiger partial charge in [0.15, 0.2) is 0 Å². The van der Waals surface area contributed by atoms with Crippen molar-refractivity contribution >= 4 is 21.8 Å². The van der Waals surface area contributed by atoms with E-state index in [2.05, 4.69) is 33.1 Å². The molecule has 0 unspecified atom stereocenters. The minimum atomic E-state index is 0.0225. The van der Waals surface area contributed by atoms with Crippen molar-refractivity contribution in [3.63, 3.8) is 0 Å². The summed E-state index contributed by atoms with van der Waals surface area (Å²) in [7, 11) is 1.64. The van der Waals surface area contributed by atoms with E-state index in [-0.39, 0.29) is 5.91 Å². The van der Waals surface area contributed by atoms with Crippen LogP contribution in [0, 0.1) is 11.8 Å². The first-order valence-electron chi connectivity index (χ1n) is 4.60. The van der Waals surface area contributed by atoms with Gasteiger partial charge in [0.05, 0.1) is 11.8 Å². The van der Waals surface area contributed by atoms with Gasteiger partial charge in [-0.1, -0.05) is 39.9 Å². The third-order valence-electron chi connectivity index (χ3n) is 1.90. The van der Waals surface area contributed by atoms with Crippen LogP contribution < -0.4 is 5.32 Å². The third-order valence-corrected chi connectivity index (χ3v) is 2.18. The lowest BCUT2D eigenvalue weighted by Gasteiger charge is -1.99. The minimum Gasteiger partial charge on any atom is -0.359 e. The molecular weight excluding hydrogens is 254 g/mol. The Labute approximate surface area is 98.2 Å². The molecular formula is C12H12BrNO. The molecule has 0 aromatic heterocycles. The molecule has 0 radical (unpaired) electrons. The zero-order chi connectivity index (χ0) is 11.1. The molecule has 0 fully saturated rings. The smallest absolute Gasteiger partial charge is 0.224 e. The topological polar surface area (TPSA) is 29.1 Å². The highest BCUT2D eigenvalue weighted by Crippen LogP contribution is 2.04. The van der Waals surface area contributed by atoms with E-state index in [0.717, 1.165) is 11.1 Å². The number of hydrogen-bond donors (Lipinski definition) is 1. The molecule has 2 nitrogen and oxygen atoms in total. The maximum atomic E-state index is 11.1. The summed E-state index contributed by atoms with van der Waals surface area (Å²) in [6.07, 6.45) is 0.419. The van der Waals surface area contributed by atoms with Crippen molar-refractivity contribution in [2.45, 2.75) is 6.42 Å². The van der Waals surface area contributed by atoms with Crippen LogP contribution >= 0.6 is 15.9 Å². The highest BCUT2D eigenvalue weighted by Gasteiger charge is 1.99. The summed E-state index contributed by atoms with van der Waals surface area (Å²) in [6.45, 7) is 0. The zero-order valence-electron chi connectivity index (χ0n) is 8.51. The highest BCUT2D eigenvalue weighted by atomic mass is 79.9. The number of likely N-dealkylation sites (N-methyl/N-ethyl adjacent to an activating group) is 1. The first-order valence-corrected chi connectivity index (χ1v) is 5.72. The van der Waals surface area contributed by atoms with Gasteiger partial charge >= 0.3 is 0 Å². The fraction of sp³-hybridized carbons (Fsp3) is 0.250. The van der Waals surface area contributed by atoms with Crippen molar-refractivity contribution in [1.82, 2.24) is 5.32 Å². The summed E-state index contributed by atoms with van der Waals surface area (Å²) in [4.78, 5) is 11.1. The van der Waals surface area contributed by atoms with Crippen molar-refractivity contribution in [1.29, 1.82) is 0 Å². The number of hydrogen-bond acceptors (Lipinski definition) is 1. The van der Waals surface area contributed by atoms with Crippen molar-refractivity contribution in [3.05, 3.63) is 35.4 Å². The van der Waals surface area contributed by atoms with E-state index in [0.29, 0.717) is 11.8 Å². The van der Waals surface area contributed by atoms with Crippen LogP contribution in [-0.2, 0) is 11.2 Å². The van der Waals surface area contributed by atoms with E-state index in [1.54, 1.807) is 7.05 Å². The Balaban J connectivity index is 2.68. The van der Waals surface area contributed by atoms with E-state index in [1.165, 1.54) is 0 Å². The molecule has 78 valence electrons. The number of nitrogens with one attached hydrogen (secondary N) is 1. The van der Waals surface area contributed by atoms with Crippen LogP contribution in [0.4, 0.5) is 0 Å². The Hall–Kier alpha value is -1.27. The molecule has 0 aliphatic heterocycles. The molecule has 0 spiro atoms. The van der Waals surface area contributed by atoms with Crippen LogP contribution in [0.3, 0.4) is 0 Å². The van der Waals surface area contributed by atoms with Crippen LogP contribution in [0.15, 0.2) is 24.3 Å². The second kappa shape index (κ2) is 6.26. The van der Waals surface area contributed by atoms with Crippen LogP contribution in [0.2, 0.25) is 0 Å². The Kier molecular flexibility index (Phi) is 4.92. The summed E-state index contributed by atoms with van der Waals surface area (Å²) in [5, 5.41) is 3.26. The number of carbonyl (C=O) groups excluding carboxylic acids is 1. The van der Waals surface area contributed by atoms with Gasteiger partial charge in [-0.25, -0.2) is 0 Å². The Morgan fingerprint density at radius 3 is 2.60 bits per heavy atom. The van der Waals surface area contributed by atoms with Crippen molar-refractivity contribution in [2.75, 3.05) is 12.4 Å². The molecule has 0 atom stereocenters. The summed E-state index contributed by atoms with van der Waals surface area (Å²) in [6, 6.07) is 7.70. The van der Waals surface area contributed by atoms with E-state index < -0.39 is 0 Å². The van der Waals surface area contributed by atoms with E-state index in [9.17, 15) is 4.79 Å². The Bertz CT molecular complexity index is 386. The standard InChI is InChI=1S/C12H12BrNO/c1-14-12(15)9-11-6-4-10(5-7-11)3-2-8-13/h4-7H,8-9H2,1H3,(H,14,15). The third kappa shape index (κ3) is 4.18. The molecule has 1 aromatic rings. The number of carbonyl (C=O) groups is 1. The highest BCUT2D eigenvalue weighted by molar-refractivity contribution is 9.09. The molecule has 3 heteroatoms. The second-order valence-corrected chi connectivity index (χ2v) is 3.54. The van der Waals surface area contributed by atoms with Crippen molar-refractivity contribution in [2.24, 2.45) is 0 Å². The Morgan fingerprint density at radius 1 is 1.40 bits per heavy atom. The maximum Gasteiger partial charge on any atom is 0.224 e. The largest absolute Gasteiger partial charge is 0.359 e. The lowest BCUT2D eigenvalue weighted by molar-refractivity contribution is -0.119. The quantitative estimate of drug-likeness (QED) is 0.641. The van der Waals surface area contributed by atoms with Crippen LogP contribution in [0.5, 0.6) is 0 Å². The summed E-state index contributed by atoms with van der Waals surface area (Å²) < 4.78 is 0. The van der Waals surface area contributed by atoms with Crippen molar-refractivity contribution in [3.8, 4) is 11.8 Å². The van der Waals surface area contributed by atoms with Gasteiger partial charge in [0.2, 0.25) is 5.91 Å². The number of rotatable bonds is 2. The first-order chi connectivity index (χ1) is 7.26. The number of benzene rings is 1. The number of alkyl halides is 1. The van der Waals surface area contributed by atoms with Crippen molar-refractivity contribution < 1.29 is 4.79 Å². The van der Waals surface area contributed by atoms with Crippen LogP contribution in [-0.4, -0.2) is 18.3 Å². The molecule has 0 aliphatic carbocycles. The SMILES string of the molecule is CNC(=O)Cc1ccc(C#CCBr)cc1. The molecule has 1 N–H and O–H groups in total. The predicted octanol–water partition coefficient (Wildman–Crippen LogP) is 1.72. The van der Waals surface area contributed by atoms with Crippen LogP contribution in [0.1, 0.15) is 11.1 Å². The molecule has 0 heterocycles. The van der Waals surface area contributed by atoms with Gasteiger partial charge in [-0.2, -0.15) is 0 Å². The van der Waals surface area contributed by atoms with Crippen LogP contribution in [0.25, 0.3) is 0 Å². The number of amides is 1. The minimum absolute atomic E-state index is 0.0225. The summed E-state index contributed by atoms with van der Waals surface area (Å²) in [5.41, 5.74) is 1.97. The first kappa shape index (κ1) is 11.8. The normalized spacial score (nSPS) is 8.93. The van der Waals surface area contributed by atoms with E-state index in [1.807, 2.05) is 24.3 Å². The number of halogens is 1. The van der Waals surface area contributed by atoms with Gasteiger partial charge in [-0.05, 0) is 17.7 Å². The predicted molar refractivity (Wildman–Crippen MR) is 64.9 cm³/mol. The fourth-order valence-electron chi connectivity index (χ4n) is 1.12. The second-order valence-electron chi connectivity index (χ2n) is 2.98. The molecule has 1 aromatic carbocycles. The Morgan fingerprint density at radius 2 is 2.07 bits per heavy atom. The van der Waals surface area contributed by atoms with E-state index >= 15 is 0 Å². The average molecular weight is 266 g/mol. The van der Waals surface area contributed by atoms with Gasteiger partial charge in [-0.3, -0.25) is 4.79 Å². The lowest BCUT2D eigenvalue weighted by Crippen LogP contribution is -2.19. The zero-order valence-corrected chi connectivity index (χ0v) is 10.1. The molecule has 0 bridgehead atoms. The van der Waals surface area contributed by atoms with Gasteiger partial charge in [0, 0.05) is 12.6 Å². The lowest BCUT2D eigenvalue weighted by atomic mass is 10.1. The molecule has 0 saturated heterocycles. The van der Waals surface area contributed by atoms with Gasteiger partial charge in [0.25, 0.3) is 0 Å². The maximum absolute atomic E-state index is 11.1. The molecule has 1 amide bonds.